The number of amides is 1. The summed E-state index contributed by atoms with van der Waals surface area (Å²) in [6.07, 6.45) is 7.94. The van der Waals surface area contributed by atoms with E-state index >= 15 is 0 Å². The van der Waals surface area contributed by atoms with Crippen LogP contribution in [0, 0.1) is 0 Å². The highest BCUT2D eigenvalue weighted by molar-refractivity contribution is 5.94. The molecule has 1 saturated carbocycles. The lowest BCUT2D eigenvalue weighted by Crippen LogP contribution is -2.36. The average Bonchev–Trinajstić information content (AvgIpc) is 2.81. The van der Waals surface area contributed by atoms with E-state index in [-0.39, 0.29) is 5.91 Å². The summed E-state index contributed by atoms with van der Waals surface area (Å²) < 4.78 is 5.10. The number of benzene rings is 1. The summed E-state index contributed by atoms with van der Waals surface area (Å²) in [5.41, 5.74) is 1.72. The summed E-state index contributed by atoms with van der Waals surface area (Å²) in [5.74, 6) is -0.0133. The number of ether oxygens (including phenoxy) is 1. The zero-order valence-corrected chi connectivity index (χ0v) is 13.6. The first-order valence-electron chi connectivity index (χ1n) is 8.39. The Morgan fingerprint density at radius 2 is 1.95 bits per heavy atom. The lowest BCUT2D eigenvalue weighted by atomic mass is 10.1. The summed E-state index contributed by atoms with van der Waals surface area (Å²) in [7, 11) is 1.66. The Hall–Kier alpha value is -1.39. The third-order valence-electron chi connectivity index (χ3n) is 4.20. The molecule has 0 saturated heterocycles. The van der Waals surface area contributed by atoms with Crippen molar-refractivity contribution in [1.29, 1.82) is 0 Å². The Morgan fingerprint density at radius 1 is 1.18 bits per heavy atom. The van der Waals surface area contributed by atoms with Crippen LogP contribution in [0.2, 0.25) is 0 Å². The van der Waals surface area contributed by atoms with Crippen molar-refractivity contribution < 1.29 is 9.53 Å². The van der Waals surface area contributed by atoms with E-state index in [4.69, 9.17) is 4.74 Å². The maximum atomic E-state index is 12.1. The van der Waals surface area contributed by atoms with Crippen molar-refractivity contribution in [1.82, 2.24) is 10.6 Å². The molecule has 0 aromatic heterocycles. The fourth-order valence-electron chi connectivity index (χ4n) is 3.01. The summed E-state index contributed by atoms with van der Waals surface area (Å²) in [5, 5.41) is 6.55. The van der Waals surface area contributed by atoms with E-state index in [2.05, 4.69) is 10.6 Å². The van der Waals surface area contributed by atoms with Crippen molar-refractivity contribution >= 4 is 5.91 Å². The first-order chi connectivity index (χ1) is 10.8. The molecular weight excluding hydrogens is 276 g/mol. The largest absolute Gasteiger partial charge is 0.380 e. The molecule has 0 bridgehead atoms. The molecule has 0 unspecified atom stereocenters. The molecule has 0 aliphatic heterocycles. The molecule has 1 aromatic carbocycles. The summed E-state index contributed by atoms with van der Waals surface area (Å²) in [6.45, 7) is 2.04. The van der Waals surface area contributed by atoms with Gasteiger partial charge < -0.3 is 15.4 Å². The zero-order chi connectivity index (χ0) is 15.6. The van der Waals surface area contributed by atoms with Gasteiger partial charge in [0.25, 0.3) is 5.91 Å². The number of hydrogen-bond acceptors (Lipinski definition) is 3. The smallest absolute Gasteiger partial charge is 0.251 e. The van der Waals surface area contributed by atoms with Gasteiger partial charge in [0.1, 0.15) is 0 Å². The SMILES string of the molecule is COCc1cccc(C(=O)NCCNC2CCCCCC2)c1. The van der Waals surface area contributed by atoms with E-state index in [1.54, 1.807) is 7.11 Å². The van der Waals surface area contributed by atoms with Crippen LogP contribution in [0.25, 0.3) is 0 Å². The Bertz CT molecular complexity index is 454. The molecule has 1 aliphatic rings. The summed E-state index contributed by atoms with van der Waals surface area (Å²) >= 11 is 0. The molecule has 1 aliphatic carbocycles. The molecule has 22 heavy (non-hydrogen) atoms. The predicted octanol–water partition coefficient (Wildman–Crippen LogP) is 2.88. The van der Waals surface area contributed by atoms with E-state index < -0.39 is 0 Å². The maximum Gasteiger partial charge on any atom is 0.251 e. The minimum absolute atomic E-state index is 0.0133. The van der Waals surface area contributed by atoms with E-state index in [0.717, 1.165) is 12.1 Å². The van der Waals surface area contributed by atoms with Gasteiger partial charge in [0.05, 0.1) is 6.61 Å². The van der Waals surface area contributed by atoms with Crippen LogP contribution in [0.3, 0.4) is 0 Å². The molecule has 0 heterocycles. The highest BCUT2D eigenvalue weighted by Gasteiger charge is 2.11. The van der Waals surface area contributed by atoms with Gasteiger partial charge in [0.2, 0.25) is 0 Å². The van der Waals surface area contributed by atoms with Crippen molar-refractivity contribution in [2.45, 2.75) is 51.2 Å². The Balaban J connectivity index is 1.69. The van der Waals surface area contributed by atoms with E-state index in [1.165, 1.54) is 38.5 Å². The highest BCUT2D eigenvalue weighted by atomic mass is 16.5. The predicted molar refractivity (Wildman–Crippen MR) is 89.0 cm³/mol. The maximum absolute atomic E-state index is 12.1. The van der Waals surface area contributed by atoms with Crippen molar-refractivity contribution in [2.75, 3.05) is 20.2 Å². The molecule has 0 radical (unpaired) electrons. The van der Waals surface area contributed by atoms with Gasteiger partial charge in [-0.15, -0.1) is 0 Å². The van der Waals surface area contributed by atoms with Crippen LogP contribution in [0.5, 0.6) is 0 Å². The monoisotopic (exact) mass is 304 g/mol. The molecule has 4 nitrogen and oxygen atoms in total. The second-order valence-electron chi connectivity index (χ2n) is 6.03. The van der Waals surface area contributed by atoms with Crippen LogP contribution in [-0.4, -0.2) is 32.1 Å². The topological polar surface area (TPSA) is 50.4 Å². The molecular formula is C18H28N2O2. The van der Waals surface area contributed by atoms with Crippen LogP contribution in [0.1, 0.15) is 54.4 Å². The van der Waals surface area contributed by atoms with Gasteiger partial charge in [-0.2, -0.15) is 0 Å². The van der Waals surface area contributed by atoms with Gasteiger partial charge in [0.15, 0.2) is 0 Å². The second-order valence-corrected chi connectivity index (χ2v) is 6.03. The lowest BCUT2D eigenvalue weighted by Gasteiger charge is -2.16. The van der Waals surface area contributed by atoms with Crippen LogP contribution in [-0.2, 0) is 11.3 Å². The van der Waals surface area contributed by atoms with Gasteiger partial charge in [-0.25, -0.2) is 0 Å². The molecule has 122 valence electrons. The Labute approximate surface area is 133 Å². The van der Waals surface area contributed by atoms with Crippen molar-refractivity contribution in [2.24, 2.45) is 0 Å². The number of rotatable bonds is 7. The van der Waals surface area contributed by atoms with E-state index in [1.807, 2.05) is 24.3 Å². The fraction of sp³-hybridized carbons (Fsp3) is 0.611. The highest BCUT2D eigenvalue weighted by Crippen LogP contribution is 2.16. The zero-order valence-electron chi connectivity index (χ0n) is 13.6. The molecule has 2 rings (SSSR count). The molecule has 0 atom stereocenters. The van der Waals surface area contributed by atoms with Gasteiger partial charge >= 0.3 is 0 Å². The third kappa shape index (κ3) is 5.78. The third-order valence-corrected chi connectivity index (χ3v) is 4.20. The van der Waals surface area contributed by atoms with Gasteiger partial charge in [-0.3, -0.25) is 4.79 Å². The van der Waals surface area contributed by atoms with Crippen LogP contribution in [0.4, 0.5) is 0 Å². The Morgan fingerprint density at radius 3 is 2.68 bits per heavy atom. The second kappa shape index (κ2) is 9.59. The number of carbonyl (C=O) groups excluding carboxylic acids is 1. The molecule has 4 heteroatoms. The number of hydrogen-bond donors (Lipinski definition) is 2. The molecule has 1 aromatic rings. The molecule has 1 fully saturated rings. The fourth-order valence-corrected chi connectivity index (χ4v) is 3.01. The first-order valence-corrected chi connectivity index (χ1v) is 8.39. The summed E-state index contributed by atoms with van der Waals surface area (Å²) in [6, 6.07) is 8.22. The van der Waals surface area contributed by atoms with Crippen molar-refractivity contribution in [3.05, 3.63) is 35.4 Å². The molecule has 1 amide bonds. The van der Waals surface area contributed by atoms with E-state index in [0.29, 0.717) is 24.8 Å². The molecule has 2 N–H and O–H groups in total. The van der Waals surface area contributed by atoms with Crippen LogP contribution >= 0.6 is 0 Å². The normalized spacial score (nSPS) is 16.2. The minimum Gasteiger partial charge on any atom is -0.380 e. The minimum atomic E-state index is -0.0133. The number of carbonyl (C=O) groups is 1. The molecule has 0 spiro atoms. The Kier molecular flexibility index (Phi) is 7.40. The van der Waals surface area contributed by atoms with Crippen LogP contribution in [0.15, 0.2) is 24.3 Å². The average molecular weight is 304 g/mol. The quantitative estimate of drug-likeness (QED) is 0.601. The number of methoxy groups -OCH3 is 1. The summed E-state index contributed by atoms with van der Waals surface area (Å²) in [4.78, 5) is 12.1. The first kappa shape index (κ1) is 17.0. The van der Waals surface area contributed by atoms with Crippen molar-refractivity contribution in [3.8, 4) is 0 Å². The van der Waals surface area contributed by atoms with Gasteiger partial charge in [-0.05, 0) is 30.5 Å². The van der Waals surface area contributed by atoms with Crippen molar-refractivity contribution in [3.63, 3.8) is 0 Å². The van der Waals surface area contributed by atoms with E-state index in [9.17, 15) is 4.79 Å². The number of nitrogens with one attached hydrogen (secondary N) is 2. The van der Waals surface area contributed by atoms with Gasteiger partial charge in [-0.1, -0.05) is 37.8 Å². The van der Waals surface area contributed by atoms with Crippen LogP contribution < -0.4 is 10.6 Å². The standard InChI is InChI=1S/C18H28N2O2/c1-22-14-15-7-6-8-16(13-15)18(21)20-12-11-19-17-9-4-2-3-5-10-17/h6-8,13,17,19H,2-5,9-12,14H2,1H3,(H,20,21). The van der Waals surface area contributed by atoms with Gasteiger partial charge in [0, 0.05) is 31.8 Å². The lowest BCUT2D eigenvalue weighted by molar-refractivity contribution is 0.0953.